The molecule has 5 heteroatoms. The summed E-state index contributed by atoms with van der Waals surface area (Å²) >= 11 is 0. The predicted octanol–water partition coefficient (Wildman–Crippen LogP) is 1.88. The maximum Gasteiger partial charge on any atom is 0.263 e. The Kier molecular flexibility index (Phi) is 3.02. The van der Waals surface area contributed by atoms with Gasteiger partial charge in [-0.3, -0.25) is 4.79 Å². The van der Waals surface area contributed by atoms with E-state index in [1.165, 1.54) is 7.11 Å². The Balaban J connectivity index is 2.00. The summed E-state index contributed by atoms with van der Waals surface area (Å²) in [6.07, 6.45) is 2.44. The zero-order valence-electron chi connectivity index (χ0n) is 11.2. The van der Waals surface area contributed by atoms with Gasteiger partial charge in [0.05, 0.1) is 7.11 Å². The molecule has 20 heavy (non-hydrogen) atoms. The molecule has 102 valence electrons. The number of fused-ring (bicyclic) bond motifs is 1. The van der Waals surface area contributed by atoms with Crippen molar-refractivity contribution in [1.82, 2.24) is 4.98 Å². The third kappa shape index (κ3) is 1.97. The zero-order valence-corrected chi connectivity index (χ0v) is 11.2. The zero-order chi connectivity index (χ0) is 14.1. The lowest BCUT2D eigenvalue weighted by Gasteiger charge is -2.18. The third-order valence-corrected chi connectivity index (χ3v) is 3.44. The molecule has 1 aliphatic heterocycles. The number of carbonyl (C=O) groups excluding carboxylic acids is 1. The minimum atomic E-state index is -0.112. The van der Waals surface area contributed by atoms with Crippen LogP contribution in [0.15, 0.2) is 36.5 Å². The van der Waals surface area contributed by atoms with E-state index in [-0.39, 0.29) is 5.91 Å². The first-order chi connectivity index (χ1) is 9.70. The van der Waals surface area contributed by atoms with Crippen molar-refractivity contribution in [2.45, 2.75) is 6.42 Å². The van der Waals surface area contributed by atoms with Crippen LogP contribution in [0, 0.1) is 0 Å². The van der Waals surface area contributed by atoms with Gasteiger partial charge in [-0.2, -0.15) is 0 Å². The van der Waals surface area contributed by atoms with Gasteiger partial charge in [0.1, 0.15) is 5.56 Å². The molecule has 2 aromatic rings. The van der Waals surface area contributed by atoms with Crippen molar-refractivity contribution in [2.24, 2.45) is 0 Å². The number of nitrogen functional groups attached to an aromatic ring is 1. The first kappa shape index (κ1) is 12.5. The van der Waals surface area contributed by atoms with Gasteiger partial charge in [-0.15, -0.1) is 0 Å². The molecule has 1 aromatic carbocycles. The molecule has 0 aliphatic carbocycles. The van der Waals surface area contributed by atoms with Crippen molar-refractivity contribution < 1.29 is 9.53 Å². The van der Waals surface area contributed by atoms with E-state index in [0.29, 0.717) is 23.7 Å². The highest BCUT2D eigenvalue weighted by Crippen LogP contribution is 2.32. The highest BCUT2D eigenvalue weighted by Gasteiger charge is 2.27. The fraction of sp³-hybridized carbons (Fsp3) is 0.200. The van der Waals surface area contributed by atoms with Crippen LogP contribution in [0.4, 0.5) is 11.4 Å². The van der Waals surface area contributed by atoms with E-state index in [1.807, 2.05) is 18.2 Å². The van der Waals surface area contributed by atoms with Crippen LogP contribution in [0.5, 0.6) is 5.88 Å². The first-order valence-corrected chi connectivity index (χ1v) is 6.40. The number of nitrogens with zero attached hydrogens (tertiary/aromatic N) is 2. The molecular weight excluding hydrogens is 254 g/mol. The summed E-state index contributed by atoms with van der Waals surface area (Å²) in [4.78, 5) is 18.5. The van der Waals surface area contributed by atoms with E-state index in [1.54, 1.807) is 23.2 Å². The van der Waals surface area contributed by atoms with Crippen LogP contribution in [0.3, 0.4) is 0 Å². The van der Waals surface area contributed by atoms with Crippen LogP contribution in [-0.4, -0.2) is 24.5 Å². The van der Waals surface area contributed by atoms with E-state index in [4.69, 9.17) is 10.5 Å². The van der Waals surface area contributed by atoms with Crippen molar-refractivity contribution in [3.8, 4) is 5.88 Å². The number of methoxy groups -OCH3 is 1. The minimum Gasteiger partial charge on any atom is -0.480 e. The normalized spacial score (nSPS) is 13.2. The highest BCUT2D eigenvalue weighted by atomic mass is 16.5. The Labute approximate surface area is 117 Å². The Morgan fingerprint density at radius 1 is 1.40 bits per heavy atom. The Hall–Kier alpha value is -2.56. The minimum absolute atomic E-state index is 0.112. The lowest BCUT2D eigenvalue weighted by atomic mass is 10.1. The molecule has 2 heterocycles. The standard InChI is InChI=1S/C15H15N3O2/c1-20-14-12(3-2-7-17-14)15(19)18-8-6-10-4-5-11(16)9-13(10)18/h2-5,7,9H,6,8,16H2,1H3. The molecule has 0 atom stereocenters. The van der Waals surface area contributed by atoms with Crippen molar-refractivity contribution in [3.05, 3.63) is 47.7 Å². The average Bonchev–Trinajstić information content (AvgIpc) is 2.89. The predicted molar refractivity (Wildman–Crippen MR) is 77.0 cm³/mol. The quantitative estimate of drug-likeness (QED) is 0.845. The fourth-order valence-corrected chi connectivity index (χ4v) is 2.47. The summed E-state index contributed by atoms with van der Waals surface area (Å²) < 4.78 is 5.15. The van der Waals surface area contributed by atoms with Crippen molar-refractivity contribution >= 4 is 17.3 Å². The van der Waals surface area contributed by atoms with Gasteiger partial charge in [0.15, 0.2) is 0 Å². The first-order valence-electron chi connectivity index (χ1n) is 6.40. The molecule has 3 rings (SSSR count). The second-order valence-electron chi connectivity index (χ2n) is 4.66. The second kappa shape index (κ2) is 4.85. The number of hydrogen-bond donors (Lipinski definition) is 1. The summed E-state index contributed by atoms with van der Waals surface area (Å²) in [5.41, 5.74) is 8.94. The number of hydrogen-bond acceptors (Lipinski definition) is 4. The SMILES string of the molecule is COc1ncccc1C(=O)N1CCc2ccc(N)cc21. The lowest BCUT2D eigenvalue weighted by Crippen LogP contribution is -2.29. The summed E-state index contributed by atoms with van der Waals surface area (Å²) in [6.45, 7) is 0.648. The molecule has 0 fully saturated rings. The fourth-order valence-electron chi connectivity index (χ4n) is 2.47. The van der Waals surface area contributed by atoms with Gasteiger partial charge in [0, 0.05) is 24.1 Å². The van der Waals surface area contributed by atoms with Gasteiger partial charge < -0.3 is 15.4 Å². The number of anilines is 2. The number of pyridine rings is 1. The van der Waals surface area contributed by atoms with Gasteiger partial charge >= 0.3 is 0 Å². The number of carbonyl (C=O) groups is 1. The summed E-state index contributed by atoms with van der Waals surface area (Å²) in [6, 6.07) is 9.11. The smallest absolute Gasteiger partial charge is 0.263 e. The van der Waals surface area contributed by atoms with Crippen molar-refractivity contribution in [2.75, 3.05) is 24.3 Å². The molecule has 1 aliphatic rings. The van der Waals surface area contributed by atoms with Crippen molar-refractivity contribution in [3.63, 3.8) is 0 Å². The summed E-state index contributed by atoms with van der Waals surface area (Å²) in [5, 5.41) is 0. The molecular formula is C15H15N3O2. The molecule has 0 unspecified atom stereocenters. The van der Waals surface area contributed by atoms with Crippen LogP contribution < -0.4 is 15.4 Å². The Bertz CT molecular complexity index is 670. The molecule has 0 saturated carbocycles. The molecule has 1 aromatic heterocycles. The second-order valence-corrected chi connectivity index (χ2v) is 4.66. The molecule has 5 nitrogen and oxygen atoms in total. The highest BCUT2D eigenvalue weighted by molar-refractivity contribution is 6.08. The number of aromatic nitrogens is 1. The van der Waals surface area contributed by atoms with Crippen molar-refractivity contribution in [1.29, 1.82) is 0 Å². The van der Waals surface area contributed by atoms with Crippen LogP contribution in [0.2, 0.25) is 0 Å². The lowest BCUT2D eigenvalue weighted by molar-refractivity contribution is 0.0985. The van der Waals surface area contributed by atoms with E-state index in [2.05, 4.69) is 4.98 Å². The van der Waals surface area contributed by atoms with E-state index in [0.717, 1.165) is 17.7 Å². The Morgan fingerprint density at radius 3 is 3.05 bits per heavy atom. The molecule has 0 spiro atoms. The van der Waals surface area contributed by atoms with Gasteiger partial charge in [-0.1, -0.05) is 6.07 Å². The van der Waals surface area contributed by atoms with Crippen LogP contribution in [0.1, 0.15) is 15.9 Å². The van der Waals surface area contributed by atoms with Crippen LogP contribution >= 0.6 is 0 Å². The van der Waals surface area contributed by atoms with Gasteiger partial charge in [-0.05, 0) is 36.2 Å². The molecule has 1 amide bonds. The maximum absolute atomic E-state index is 12.7. The Morgan fingerprint density at radius 2 is 2.25 bits per heavy atom. The maximum atomic E-state index is 12.7. The number of nitrogens with two attached hydrogens (primary N) is 1. The number of benzene rings is 1. The van der Waals surface area contributed by atoms with E-state index in [9.17, 15) is 4.79 Å². The van der Waals surface area contributed by atoms with Gasteiger partial charge in [-0.25, -0.2) is 4.98 Å². The average molecular weight is 269 g/mol. The largest absolute Gasteiger partial charge is 0.480 e. The number of ether oxygens (including phenoxy) is 1. The topological polar surface area (TPSA) is 68.5 Å². The van der Waals surface area contributed by atoms with E-state index >= 15 is 0 Å². The molecule has 0 bridgehead atoms. The summed E-state index contributed by atoms with van der Waals surface area (Å²) in [7, 11) is 1.51. The molecule has 0 saturated heterocycles. The van der Waals surface area contributed by atoms with Gasteiger partial charge in [0.25, 0.3) is 5.91 Å². The number of amides is 1. The molecule has 0 radical (unpaired) electrons. The third-order valence-electron chi connectivity index (χ3n) is 3.44. The van der Waals surface area contributed by atoms with E-state index < -0.39 is 0 Å². The monoisotopic (exact) mass is 269 g/mol. The van der Waals surface area contributed by atoms with Gasteiger partial charge in [0.2, 0.25) is 5.88 Å². The number of rotatable bonds is 2. The van der Waals surface area contributed by atoms with Crippen LogP contribution in [-0.2, 0) is 6.42 Å². The molecule has 2 N–H and O–H groups in total. The summed E-state index contributed by atoms with van der Waals surface area (Å²) in [5.74, 6) is 0.231. The van der Waals surface area contributed by atoms with Crippen LogP contribution in [0.25, 0.3) is 0 Å².